The molecule has 1 aliphatic rings. The molecule has 4 aromatic rings. The average Bonchev–Trinajstić information content (AvgIpc) is 3.41. The van der Waals surface area contributed by atoms with Gasteiger partial charge in [0, 0.05) is 24.5 Å². The molecule has 1 amide bonds. The molecule has 1 fully saturated rings. The van der Waals surface area contributed by atoms with Crippen LogP contribution < -0.4 is 4.74 Å². The summed E-state index contributed by atoms with van der Waals surface area (Å²) in [7, 11) is 0. The molecule has 7 heteroatoms. The van der Waals surface area contributed by atoms with E-state index >= 15 is 0 Å². The molecule has 0 aliphatic carbocycles. The highest BCUT2D eigenvalue weighted by atomic mass is 32.1. The summed E-state index contributed by atoms with van der Waals surface area (Å²) in [6.07, 6.45) is 2.19. The molecule has 2 aromatic carbocycles. The van der Waals surface area contributed by atoms with Crippen molar-refractivity contribution in [2.75, 3.05) is 13.1 Å². The normalized spacial score (nSPS) is 14.7. The van der Waals surface area contributed by atoms with E-state index in [-0.39, 0.29) is 5.91 Å². The van der Waals surface area contributed by atoms with Crippen LogP contribution in [-0.2, 0) is 17.8 Å². The van der Waals surface area contributed by atoms with Gasteiger partial charge in [-0.2, -0.15) is 0 Å². The van der Waals surface area contributed by atoms with E-state index in [1.54, 1.807) is 11.3 Å². The summed E-state index contributed by atoms with van der Waals surface area (Å²) in [5.74, 6) is 1.94. The maximum absolute atomic E-state index is 12.8. The summed E-state index contributed by atoms with van der Waals surface area (Å²) in [6, 6.07) is 16.6. The Morgan fingerprint density at radius 3 is 2.55 bits per heavy atom. The van der Waals surface area contributed by atoms with Gasteiger partial charge in [-0.15, -0.1) is 11.3 Å². The predicted octanol–water partition coefficient (Wildman–Crippen LogP) is 5.09. The topological polar surface area (TPSA) is 60.2 Å². The molecule has 5 rings (SSSR count). The van der Waals surface area contributed by atoms with E-state index in [1.165, 1.54) is 5.56 Å². The number of rotatable bonds is 6. The van der Waals surface area contributed by atoms with Crippen molar-refractivity contribution < 1.29 is 9.53 Å². The standard InChI is InChI=1S/C26H28N4O2S/c1-18-7-9-22(10-8-18)32-16-25-28-23-5-3-4-6-24(23)30(25)21-11-13-29(14-12-21)26(31)15-20-17-33-19(2)27-20/h3-10,17,21H,11-16H2,1-2H3. The molecule has 0 bridgehead atoms. The first-order chi connectivity index (χ1) is 16.1. The van der Waals surface area contributed by atoms with Crippen LogP contribution in [0.1, 0.15) is 41.0 Å². The third-order valence-corrected chi connectivity index (χ3v) is 7.06. The summed E-state index contributed by atoms with van der Waals surface area (Å²) in [5.41, 5.74) is 4.20. The molecule has 1 saturated heterocycles. The maximum atomic E-state index is 12.8. The number of benzene rings is 2. The highest BCUT2D eigenvalue weighted by Gasteiger charge is 2.27. The van der Waals surface area contributed by atoms with E-state index in [2.05, 4.69) is 46.8 Å². The Balaban J connectivity index is 1.30. The molecule has 33 heavy (non-hydrogen) atoms. The number of aryl methyl sites for hydroxylation is 2. The Kier molecular flexibility index (Phi) is 6.13. The van der Waals surface area contributed by atoms with Crippen LogP contribution in [0.25, 0.3) is 11.0 Å². The number of fused-ring (bicyclic) bond motifs is 1. The van der Waals surface area contributed by atoms with Gasteiger partial charge in [-0.1, -0.05) is 29.8 Å². The van der Waals surface area contributed by atoms with Gasteiger partial charge in [0.1, 0.15) is 18.2 Å². The second-order valence-corrected chi connectivity index (χ2v) is 9.70. The van der Waals surface area contributed by atoms with Crippen LogP contribution in [0, 0.1) is 13.8 Å². The molecular formula is C26H28N4O2S. The monoisotopic (exact) mass is 460 g/mol. The highest BCUT2D eigenvalue weighted by Crippen LogP contribution is 2.30. The van der Waals surface area contributed by atoms with Crippen molar-refractivity contribution in [2.45, 2.75) is 45.8 Å². The minimum Gasteiger partial charge on any atom is -0.486 e. The van der Waals surface area contributed by atoms with E-state index in [1.807, 2.05) is 35.4 Å². The summed E-state index contributed by atoms with van der Waals surface area (Å²) < 4.78 is 8.41. The Bertz CT molecular complexity index is 1250. The third kappa shape index (κ3) is 4.78. The van der Waals surface area contributed by atoms with Gasteiger partial charge in [0.2, 0.25) is 5.91 Å². The number of para-hydroxylation sites is 2. The van der Waals surface area contributed by atoms with Crippen LogP contribution in [-0.4, -0.2) is 38.4 Å². The lowest BCUT2D eigenvalue weighted by Crippen LogP contribution is -2.40. The molecule has 0 N–H and O–H groups in total. The van der Waals surface area contributed by atoms with E-state index < -0.39 is 0 Å². The lowest BCUT2D eigenvalue weighted by Gasteiger charge is -2.33. The van der Waals surface area contributed by atoms with Crippen LogP contribution in [0.15, 0.2) is 53.9 Å². The number of imidazole rings is 1. The lowest BCUT2D eigenvalue weighted by molar-refractivity contribution is -0.131. The zero-order valence-corrected chi connectivity index (χ0v) is 19.8. The van der Waals surface area contributed by atoms with Crippen molar-refractivity contribution in [3.05, 3.63) is 76.0 Å². The van der Waals surface area contributed by atoms with Gasteiger partial charge in [0.05, 0.1) is 28.2 Å². The molecule has 6 nitrogen and oxygen atoms in total. The first kappa shape index (κ1) is 21.6. The third-order valence-electron chi connectivity index (χ3n) is 6.24. The minimum absolute atomic E-state index is 0.164. The van der Waals surface area contributed by atoms with Crippen molar-refractivity contribution in [3.8, 4) is 5.75 Å². The molecule has 0 saturated carbocycles. The summed E-state index contributed by atoms with van der Waals surface area (Å²) in [4.78, 5) is 24.1. The Hall–Kier alpha value is -3.19. The smallest absolute Gasteiger partial charge is 0.228 e. The van der Waals surface area contributed by atoms with Crippen molar-refractivity contribution >= 4 is 28.3 Å². The van der Waals surface area contributed by atoms with Gasteiger partial charge in [-0.05, 0) is 51.0 Å². The van der Waals surface area contributed by atoms with Crippen molar-refractivity contribution in [2.24, 2.45) is 0 Å². The number of hydrogen-bond donors (Lipinski definition) is 0. The predicted molar refractivity (Wildman–Crippen MR) is 131 cm³/mol. The Morgan fingerprint density at radius 1 is 1.06 bits per heavy atom. The summed E-state index contributed by atoms with van der Waals surface area (Å²) >= 11 is 1.59. The van der Waals surface area contributed by atoms with Gasteiger partial charge in [0.15, 0.2) is 0 Å². The van der Waals surface area contributed by atoms with Gasteiger partial charge in [0.25, 0.3) is 0 Å². The number of thiazole rings is 1. The summed E-state index contributed by atoms with van der Waals surface area (Å²) in [6.45, 7) is 5.95. The molecular weight excluding hydrogens is 432 g/mol. The van der Waals surface area contributed by atoms with Crippen molar-refractivity contribution in [1.82, 2.24) is 19.4 Å². The van der Waals surface area contributed by atoms with Gasteiger partial charge in [-0.3, -0.25) is 4.79 Å². The number of likely N-dealkylation sites (tertiary alicyclic amines) is 1. The highest BCUT2D eigenvalue weighted by molar-refractivity contribution is 7.09. The minimum atomic E-state index is 0.164. The average molecular weight is 461 g/mol. The number of piperidine rings is 1. The Morgan fingerprint density at radius 2 is 1.82 bits per heavy atom. The van der Waals surface area contributed by atoms with E-state index in [0.29, 0.717) is 19.1 Å². The fourth-order valence-electron chi connectivity index (χ4n) is 4.52. The molecule has 0 radical (unpaired) electrons. The van der Waals surface area contributed by atoms with Gasteiger partial charge < -0.3 is 14.2 Å². The van der Waals surface area contributed by atoms with Crippen LogP contribution in [0.5, 0.6) is 5.75 Å². The van der Waals surface area contributed by atoms with E-state index in [4.69, 9.17) is 9.72 Å². The second kappa shape index (κ2) is 9.35. The second-order valence-electron chi connectivity index (χ2n) is 8.64. The van der Waals surface area contributed by atoms with Crippen LogP contribution >= 0.6 is 11.3 Å². The molecule has 0 spiro atoms. The molecule has 0 atom stereocenters. The first-order valence-corrected chi connectivity index (χ1v) is 12.3. The number of aromatic nitrogens is 3. The lowest BCUT2D eigenvalue weighted by atomic mass is 10.0. The fourth-order valence-corrected chi connectivity index (χ4v) is 5.13. The molecule has 2 aromatic heterocycles. The SMILES string of the molecule is Cc1ccc(OCc2nc3ccccc3n2C2CCN(C(=O)Cc3csc(C)n3)CC2)cc1. The Labute approximate surface area is 197 Å². The fraction of sp³-hybridized carbons (Fsp3) is 0.346. The van der Waals surface area contributed by atoms with Gasteiger partial charge >= 0.3 is 0 Å². The quantitative estimate of drug-likeness (QED) is 0.402. The number of carbonyl (C=O) groups excluding carboxylic acids is 1. The zero-order chi connectivity index (χ0) is 22.8. The number of hydrogen-bond acceptors (Lipinski definition) is 5. The maximum Gasteiger partial charge on any atom is 0.228 e. The number of carbonyl (C=O) groups is 1. The number of nitrogens with zero attached hydrogens (tertiary/aromatic N) is 4. The molecule has 0 unspecified atom stereocenters. The number of amides is 1. The molecule has 3 heterocycles. The first-order valence-electron chi connectivity index (χ1n) is 11.4. The van der Waals surface area contributed by atoms with Crippen molar-refractivity contribution in [3.63, 3.8) is 0 Å². The van der Waals surface area contributed by atoms with Crippen LogP contribution in [0.3, 0.4) is 0 Å². The zero-order valence-electron chi connectivity index (χ0n) is 19.0. The number of ether oxygens (including phenoxy) is 1. The molecule has 1 aliphatic heterocycles. The molecule has 170 valence electrons. The van der Waals surface area contributed by atoms with Gasteiger partial charge in [-0.25, -0.2) is 9.97 Å². The largest absolute Gasteiger partial charge is 0.486 e. The van der Waals surface area contributed by atoms with E-state index in [9.17, 15) is 4.79 Å². The van der Waals surface area contributed by atoms with E-state index in [0.717, 1.165) is 59.2 Å². The van der Waals surface area contributed by atoms with Crippen LogP contribution in [0.4, 0.5) is 0 Å². The van der Waals surface area contributed by atoms with Crippen molar-refractivity contribution in [1.29, 1.82) is 0 Å². The van der Waals surface area contributed by atoms with Crippen LogP contribution in [0.2, 0.25) is 0 Å². The summed E-state index contributed by atoms with van der Waals surface area (Å²) in [5, 5.41) is 2.99.